The standard InChI is InChI=1S/C27H25FN2O3/c28-22-8-4-7-21(14-22)19-9-11-20(12-10-19)27-23-15-29(16-26(33)30(23)24(27)17-31)25(32)13-18-5-2-1-3-6-18/h1-12,14,23-24,27,31H,13,15-17H2/t23-,24-,27+/m0/s1. The maximum atomic E-state index is 13.6. The Balaban J connectivity index is 1.35. The lowest BCUT2D eigenvalue weighted by atomic mass is 9.73. The highest BCUT2D eigenvalue weighted by atomic mass is 19.1. The van der Waals surface area contributed by atoms with Crippen LogP contribution in [0.15, 0.2) is 78.9 Å². The number of carbonyl (C=O) groups excluding carboxylic acids is 2. The van der Waals surface area contributed by atoms with Gasteiger partial charge in [-0.25, -0.2) is 4.39 Å². The number of amides is 2. The number of hydrogen-bond acceptors (Lipinski definition) is 3. The van der Waals surface area contributed by atoms with Crippen LogP contribution in [0.25, 0.3) is 11.1 Å². The summed E-state index contributed by atoms with van der Waals surface area (Å²) in [6, 6.07) is 23.3. The predicted molar refractivity (Wildman–Crippen MR) is 123 cm³/mol. The van der Waals surface area contributed by atoms with Gasteiger partial charge in [0.25, 0.3) is 0 Å². The second-order valence-electron chi connectivity index (χ2n) is 8.71. The first-order valence-corrected chi connectivity index (χ1v) is 11.1. The molecule has 0 aliphatic carbocycles. The van der Waals surface area contributed by atoms with Crippen molar-refractivity contribution >= 4 is 11.8 Å². The number of aliphatic hydroxyl groups is 1. The van der Waals surface area contributed by atoms with Crippen molar-refractivity contribution in [3.8, 4) is 11.1 Å². The van der Waals surface area contributed by atoms with E-state index in [1.807, 2.05) is 60.7 Å². The first-order chi connectivity index (χ1) is 16.0. The molecule has 6 heteroatoms. The van der Waals surface area contributed by atoms with Gasteiger partial charge in [0.1, 0.15) is 5.82 Å². The van der Waals surface area contributed by atoms with Gasteiger partial charge in [-0.15, -0.1) is 0 Å². The third-order valence-electron chi connectivity index (χ3n) is 6.76. The minimum Gasteiger partial charge on any atom is -0.394 e. The predicted octanol–water partition coefficient (Wildman–Crippen LogP) is 3.23. The molecule has 5 nitrogen and oxygen atoms in total. The van der Waals surface area contributed by atoms with Crippen molar-refractivity contribution in [3.05, 3.63) is 95.8 Å². The zero-order valence-corrected chi connectivity index (χ0v) is 18.1. The number of rotatable bonds is 5. The van der Waals surface area contributed by atoms with Crippen LogP contribution >= 0.6 is 0 Å². The van der Waals surface area contributed by atoms with Crippen molar-refractivity contribution in [3.63, 3.8) is 0 Å². The molecule has 3 aromatic carbocycles. The fraction of sp³-hybridized carbons (Fsp3) is 0.259. The van der Waals surface area contributed by atoms with Crippen LogP contribution in [0.3, 0.4) is 0 Å². The molecule has 0 radical (unpaired) electrons. The van der Waals surface area contributed by atoms with Gasteiger partial charge in [0.15, 0.2) is 0 Å². The minimum atomic E-state index is -0.297. The molecule has 2 fully saturated rings. The first-order valence-electron chi connectivity index (χ1n) is 11.1. The molecule has 0 unspecified atom stereocenters. The summed E-state index contributed by atoms with van der Waals surface area (Å²) in [5.74, 6) is -0.540. The minimum absolute atomic E-state index is 0.0455. The number of aliphatic hydroxyl groups excluding tert-OH is 1. The van der Waals surface area contributed by atoms with Gasteiger partial charge in [-0.05, 0) is 34.4 Å². The van der Waals surface area contributed by atoms with Gasteiger partial charge in [0.2, 0.25) is 11.8 Å². The highest BCUT2D eigenvalue weighted by Crippen LogP contribution is 2.43. The van der Waals surface area contributed by atoms with E-state index in [4.69, 9.17) is 0 Å². The molecule has 0 bridgehead atoms. The lowest BCUT2D eigenvalue weighted by molar-refractivity contribution is -0.166. The first kappa shape index (κ1) is 21.3. The van der Waals surface area contributed by atoms with Crippen molar-refractivity contribution in [2.24, 2.45) is 0 Å². The van der Waals surface area contributed by atoms with Crippen LogP contribution in [0.5, 0.6) is 0 Å². The Morgan fingerprint density at radius 1 is 0.970 bits per heavy atom. The Bertz CT molecular complexity index is 1170. The molecule has 33 heavy (non-hydrogen) atoms. The van der Waals surface area contributed by atoms with Crippen LogP contribution in [0, 0.1) is 5.82 Å². The molecule has 168 valence electrons. The third kappa shape index (κ3) is 4.02. The van der Waals surface area contributed by atoms with Crippen LogP contribution in [0.2, 0.25) is 0 Å². The summed E-state index contributed by atoms with van der Waals surface area (Å²) in [5.41, 5.74) is 3.61. The second kappa shape index (κ2) is 8.79. The average molecular weight is 445 g/mol. The number of fused-ring (bicyclic) bond motifs is 1. The summed E-state index contributed by atoms with van der Waals surface area (Å²) >= 11 is 0. The molecule has 1 N–H and O–H groups in total. The van der Waals surface area contributed by atoms with Crippen molar-refractivity contribution in [2.45, 2.75) is 24.4 Å². The molecule has 2 aliphatic heterocycles. The molecule has 0 aromatic heterocycles. The van der Waals surface area contributed by atoms with E-state index in [1.165, 1.54) is 12.1 Å². The van der Waals surface area contributed by atoms with Crippen molar-refractivity contribution in [1.82, 2.24) is 9.80 Å². The van der Waals surface area contributed by atoms with Crippen LogP contribution in [0.1, 0.15) is 17.0 Å². The molecule has 2 amide bonds. The number of carbonyl (C=O) groups is 2. The van der Waals surface area contributed by atoms with E-state index in [9.17, 15) is 19.1 Å². The molecule has 2 heterocycles. The van der Waals surface area contributed by atoms with Crippen LogP contribution in [-0.4, -0.2) is 58.5 Å². The molecular weight excluding hydrogens is 419 g/mol. The van der Waals surface area contributed by atoms with Crippen LogP contribution in [0.4, 0.5) is 4.39 Å². The van der Waals surface area contributed by atoms with E-state index in [2.05, 4.69) is 0 Å². The van der Waals surface area contributed by atoms with Gasteiger partial charge in [-0.3, -0.25) is 9.59 Å². The summed E-state index contributed by atoms with van der Waals surface area (Å²) < 4.78 is 13.6. The highest BCUT2D eigenvalue weighted by molar-refractivity contribution is 5.88. The lowest BCUT2D eigenvalue weighted by Gasteiger charge is -2.58. The summed E-state index contributed by atoms with van der Waals surface area (Å²) in [7, 11) is 0. The second-order valence-corrected chi connectivity index (χ2v) is 8.71. The summed E-state index contributed by atoms with van der Waals surface area (Å²) in [5, 5.41) is 9.99. The lowest BCUT2D eigenvalue weighted by Crippen LogP contribution is -2.73. The summed E-state index contributed by atoms with van der Waals surface area (Å²) in [4.78, 5) is 29.1. The fourth-order valence-corrected chi connectivity index (χ4v) is 5.14. The monoisotopic (exact) mass is 444 g/mol. The van der Waals surface area contributed by atoms with Crippen molar-refractivity contribution < 1.29 is 19.1 Å². The van der Waals surface area contributed by atoms with Crippen LogP contribution in [-0.2, 0) is 16.0 Å². The molecule has 2 aliphatic rings. The Labute approximate surface area is 192 Å². The van der Waals surface area contributed by atoms with Gasteiger partial charge >= 0.3 is 0 Å². The van der Waals surface area contributed by atoms with Gasteiger partial charge in [0.05, 0.1) is 31.7 Å². The molecular formula is C27H25FN2O3. The highest BCUT2D eigenvalue weighted by Gasteiger charge is 2.54. The molecule has 3 aromatic rings. The van der Waals surface area contributed by atoms with Crippen molar-refractivity contribution in [2.75, 3.05) is 19.7 Å². The number of halogens is 1. The van der Waals surface area contributed by atoms with E-state index in [0.717, 1.165) is 22.3 Å². The van der Waals surface area contributed by atoms with E-state index in [0.29, 0.717) is 6.54 Å². The largest absolute Gasteiger partial charge is 0.394 e. The zero-order chi connectivity index (χ0) is 22.9. The Morgan fingerprint density at radius 2 is 1.73 bits per heavy atom. The summed E-state index contributed by atoms with van der Waals surface area (Å²) in [6.45, 7) is 0.366. The fourth-order valence-electron chi connectivity index (χ4n) is 5.14. The Kier molecular flexibility index (Phi) is 5.68. The topological polar surface area (TPSA) is 60.9 Å². The Hall–Kier alpha value is -3.51. The maximum Gasteiger partial charge on any atom is 0.242 e. The number of benzene rings is 3. The molecule has 3 atom stereocenters. The normalized spacial score (nSPS) is 22.0. The Morgan fingerprint density at radius 3 is 2.42 bits per heavy atom. The van der Waals surface area contributed by atoms with E-state index in [1.54, 1.807) is 15.9 Å². The molecule has 0 saturated carbocycles. The van der Waals surface area contributed by atoms with Gasteiger partial charge < -0.3 is 14.9 Å². The molecule has 0 spiro atoms. The van der Waals surface area contributed by atoms with E-state index < -0.39 is 0 Å². The SMILES string of the molecule is O=C(Cc1ccccc1)N1CC(=O)N2[C@@H](CO)[C@H](c3ccc(-c4cccc(F)c4)cc3)[C@@H]2C1. The summed E-state index contributed by atoms with van der Waals surface area (Å²) in [6.07, 6.45) is 0.261. The number of hydrogen-bond donors (Lipinski definition) is 1. The van der Waals surface area contributed by atoms with Crippen LogP contribution < -0.4 is 0 Å². The van der Waals surface area contributed by atoms with Crippen molar-refractivity contribution in [1.29, 1.82) is 0 Å². The van der Waals surface area contributed by atoms with Gasteiger partial charge in [-0.1, -0.05) is 66.7 Å². The van der Waals surface area contributed by atoms with E-state index in [-0.39, 0.29) is 55.2 Å². The number of piperazine rings is 1. The smallest absolute Gasteiger partial charge is 0.242 e. The third-order valence-corrected chi connectivity index (χ3v) is 6.76. The van der Waals surface area contributed by atoms with Gasteiger partial charge in [-0.2, -0.15) is 0 Å². The number of nitrogens with zero attached hydrogens (tertiary/aromatic N) is 2. The zero-order valence-electron chi connectivity index (χ0n) is 18.1. The quantitative estimate of drug-likeness (QED) is 0.657. The van der Waals surface area contributed by atoms with Gasteiger partial charge in [0, 0.05) is 12.5 Å². The van der Waals surface area contributed by atoms with E-state index >= 15 is 0 Å². The average Bonchev–Trinajstić information content (AvgIpc) is 2.81. The molecule has 2 saturated heterocycles. The maximum absolute atomic E-state index is 13.6. The molecule has 5 rings (SSSR count).